The number of carboxylic acids is 1. The first-order valence-electron chi connectivity index (χ1n) is 4.83. The van der Waals surface area contributed by atoms with Crippen molar-refractivity contribution in [2.45, 2.75) is 12.8 Å². The Morgan fingerprint density at radius 2 is 2.33 bits per heavy atom. The molecule has 0 aromatic carbocycles. The number of carboxylic acid groups (broad SMARTS) is 1. The highest BCUT2D eigenvalue weighted by Gasteiger charge is 2.34. The van der Waals surface area contributed by atoms with E-state index in [2.05, 4.69) is 6.58 Å². The normalized spacial score (nSPS) is 24.5. The van der Waals surface area contributed by atoms with Crippen LogP contribution in [0, 0.1) is 11.8 Å². The SMILES string of the molecule is C=CCOC(=O)C1C=CCCC1C(=O)O. The highest BCUT2D eigenvalue weighted by Crippen LogP contribution is 2.26. The number of hydrogen-bond donors (Lipinski definition) is 1. The summed E-state index contributed by atoms with van der Waals surface area (Å²) >= 11 is 0. The minimum atomic E-state index is -0.945. The summed E-state index contributed by atoms with van der Waals surface area (Å²) in [5, 5.41) is 8.92. The van der Waals surface area contributed by atoms with Crippen LogP contribution in [0.4, 0.5) is 0 Å². The van der Waals surface area contributed by atoms with Gasteiger partial charge in [-0.1, -0.05) is 24.8 Å². The summed E-state index contributed by atoms with van der Waals surface area (Å²) in [6.45, 7) is 3.54. The predicted molar refractivity (Wildman–Crippen MR) is 54.1 cm³/mol. The lowest BCUT2D eigenvalue weighted by Crippen LogP contribution is -2.31. The van der Waals surface area contributed by atoms with Gasteiger partial charge >= 0.3 is 11.9 Å². The Kier molecular flexibility index (Phi) is 4.09. The molecule has 82 valence electrons. The molecule has 0 saturated carbocycles. The highest BCUT2D eigenvalue weighted by atomic mass is 16.5. The number of carbonyl (C=O) groups is 2. The molecule has 15 heavy (non-hydrogen) atoms. The van der Waals surface area contributed by atoms with E-state index in [9.17, 15) is 9.59 Å². The lowest BCUT2D eigenvalue weighted by atomic mass is 9.84. The molecule has 0 aliphatic heterocycles. The summed E-state index contributed by atoms with van der Waals surface area (Å²) in [5.74, 6) is -2.75. The van der Waals surface area contributed by atoms with Crippen LogP contribution >= 0.6 is 0 Å². The van der Waals surface area contributed by atoms with Crippen LogP contribution in [0.25, 0.3) is 0 Å². The summed E-state index contributed by atoms with van der Waals surface area (Å²) < 4.78 is 4.84. The van der Waals surface area contributed by atoms with Crippen molar-refractivity contribution in [2.24, 2.45) is 11.8 Å². The number of hydrogen-bond acceptors (Lipinski definition) is 3. The maximum atomic E-state index is 11.5. The summed E-state index contributed by atoms with van der Waals surface area (Å²) in [6.07, 6.45) is 6.08. The van der Waals surface area contributed by atoms with Crippen molar-refractivity contribution in [2.75, 3.05) is 6.61 Å². The maximum Gasteiger partial charge on any atom is 0.313 e. The number of ether oxygens (including phenoxy) is 1. The van der Waals surface area contributed by atoms with Crippen molar-refractivity contribution in [1.82, 2.24) is 0 Å². The quantitative estimate of drug-likeness (QED) is 0.562. The van der Waals surface area contributed by atoms with E-state index in [4.69, 9.17) is 9.84 Å². The van der Waals surface area contributed by atoms with Gasteiger partial charge in [0.25, 0.3) is 0 Å². The van der Waals surface area contributed by atoms with E-state index in [0.717, 1.165) is 0 Å². The van der Waals surface area contributed by atoms with Gasteiger partial charge in [0.15, 0.2) is 0 Å². The third-order valence-corrected chi connectivity index (χ3v) is 2.35. The Labute approximate surface area is 88.2 Å². The molecule has 1 rings (SSSR count). The van der Waals surface area contributed by atoms with Crippen LogP contribution in [0.15, 0.2) is 24.8 Å². The van der Waals surface area contributed by atoms with E-state index in [-0.39, 0.29) is 6.61 Å². The van der Waals surface area contributed by atoms with Gasteiger partial charge in [-0.2, -0.15) is 0 Å². The second-order valence-electron chi connectivity index (χ2n) is 3.39. The van der Waals surface area contributed by atoms with Crippen molar-refractivity contribution >= 4 is 11.9 Å². The zero-order valence-electron chi connectivity index (χ0n) is 8.39. The zero-order valence-corrected chi connectivity index (χ0v) is 8.39. The standard InChI is InChI=1S/C11H14O4/c1-2-7-15-11(14)9-6-4-3-5-8(9)10(12)13/h2,4,6,8-9H,1,3,5,7H2,(H,12,13). The smallest absolute Gasteiger partial charge is 0.313 e. The molecule has 0 fully saturated rings. The van der Waals surface area contributed by atoms with E-state index in [1.165, 1.54) is 6.08 Å². The molecule has 0 heterocycles. The molecule has 0 saturated heterocycles. The van der Waals surface area contributed by atoms with Gasteiger partial charge in [-0.3, -0.25) is 9.59 Å². The minimum Gasteiger partial charge on any atom is -0.481 e. The Morgan fingerprint density at radius 3 is 2.93 bits per heavy atom. The maximum absolute atomic E-state index is 11.5. The number of aliphatic carboxylic acids is 1. The highest BCUT2D eigenvalue weighted by molar-refractivity contribution is 5.83. The zero-order chi connectivity index (χ0) is 11.3. The van der Waals surface area contributed by atoms with E-state index in [1.807, 2.05) is 6.08 Å². The van der Waals surface area contributed by atoms with Crippen molar-refractivity contribution in [3.8, 4) is 0 Å². The van der Waals surface area contributed by atoms with Gasteiger partial charge < -0.3 is 9.84 Å². The Morgan fingerprint density at radius 1 is 1.60 bits per heavy atom. The van der Waals surface area contributed by atoms with Gasteiger partial charge in [0.1, 0.15) is 6.61 Å². The summed E-state index contributed by atoms with van der Waals surface area (Å²) in [5.41, 5.74) is 0. The fourth-order valence-corrected chi connectivity index (χ4v) is 1.59. The van der Waals surface area contributed by atoms with Crippen LogP contribution in [-0.4, -0.2) is 23.7 Å². The first-order chi connectivity index (χ1) is 7.16. The molecule has 0 aromatic rings. The van der Waals surface area contributed by atoms with Crippen LogP contribution in [0.1, 0.15) is 12.8 Å². The second kappa shape index (κ2) is 5.34. The van der Waals surface area contributed by atoms with Crippen molar-refractivity contribution in [1.29, 1.82) is 0 Å². The summed E-state index contributed by atoms with van der Waals surface area (Å²) in [6, 6.07) is 0. The van der Waals surface area contributed by atoms with Crippen molar-refractivity contribution < 1.29 is 19.4 Å². The predicted octanol–water partition coefficient (Wildman–Crippen LogP) is 1.38. The minimum absolute atomic E-state index is 0.121. The van der Waals surface area contributed by atoms with Crippen LogP contribution in [0.3, 0.4) is 0 Å². The van der Waals surface area contributed by atoms with Gasteiger partial charge in [0, 0.05) is 0 Å². The van der Waals surface area contributed by atoms with Gasteiger partial charge in [-0.15, -0.1) is 0 Å². The van der Waals surface area contributed by atoms with Crippen LogP contribution < -0.4 is 0 Å². The molecule has 1 N–H and O–H groups in total. The average Bonchev–Trinajstić information content (AvgIpc) is 2.25. The van der Waals surface area contributed by atoms with Gasteiger partial charge in [-0.05, 0) is 12.8 Å². The molecule has 1 aliphatic carbocycles. The average molecular weight is 210 g/mol. The largest absolute Gasteiger partial charge is 0.481 e. The van der Waals surface area contributed by atoms with E-state index >= 15 is 0 Å². The molecule has 0 aromatic heterocycles. The Hall–Kier alpha value is -1.58. The van der Waals surface area contributed by atoms with E-state index in [1.54, 1.807) is 6.08 Å². The van der Waals surface area contributed by atoms with Gasteiger partial charge in [0.05, 0.1) is 11.8 Å². The monoisotopic (exact) mass is 210 g/mol. The molecule has 4 heteroatoms. The summed E-state index contributed by atoms with van der Waals surface area (Å²) in [4.78, 5) is 22.4. The molecule has 4 nitrogen and oxygen atoms in total. The molecular weight excluding hydrogens is 196 g/mol. The number of carbonyl (C=O) groups excluding carboxylic acids is 1. The first kappa shape index (κ1) is 11.5. The fourth-order valence-electron chi connectivity index (χ4n) is 1.59. The molecular formula is C11H14O4. The second-order valence-corrected chi connectivity index (χ2v) is 3.39. The first-order valence-corrected chi connectivity index (χ1v) is 4.83. The molecule has 2 atom stereocenters. The number of allylic oxidation sites excluding steroid dienone is 1. The molecule has 1 aliphatic rings. The Bertz CT molecular complexity index is 293. The van der Waals surface area contributed by atoms with Crippen molar-refractivity contribution in [3.63, 3.8) is 0 Å². The van der Waals surface area contributed by atoms with Crippen LogP contribution in [-0.2, 0) is 14.3 Å². The van der Waals surface area contributed by atoms with Gasteiger partial charge in [0.2, 0.25) is 0 Å². The molecule has 2 unspecified atom stereocenters. The molecule has 0 amide bonds. The summed E-state index contributed by atoms with van der Waals surface area (Å²) in [7, 11) is 0. The third kappa shape index (κ3) is 2.94. The number of esters is 1. The lowest BCUT2D eigenvalue weighted by molar-refractivity contribution is -0.155. The van der Waals surface area contributed by atoms with Gasteiger partial charge in [-0.25, -0.2) is 0 Å². The van der Waals surface area contributed by atoms with E-state index < -0.39 is 23.8 Å². The molecule has 0 bridgehead atoms. The molecule has 0 radical (unpaired) electrons. The van der Waals surface area contributed by atoms with E-state index in [0.29, 0.717) is 12.8 Å². The van der Waals surface area contributed by atoms with Crippen molar-refractivity contribution in [3.05, 3.63) is 24.8 Å². The number of rotatable bonds is 4. The third-order valence-electron chi connectivity index (χ3n) is 2.35. The van der Waals surface area contributed by atoms with Crippen LogP contribution in [0.5, 0.6) is 0 Å². The topological polar surface area (TPSA) is 63.6 Å². The molecule has 0 spiro atoms. The lowest BCUT2D eigenvalue weighted by Gasteiger charge is -2.22. The fraction of sp³-hybridized carbons (Fsp3) is 0.455. The Balaban J connectivity index is 2.67. The van der Waals surface area contributed by atoms with Crippen LogP contribution in [0.2, 0.25) is 0 Å².